The molecule has 0 spiro atoms. The Labute approximate surface area is 221 Å². The van der Waals surface area contributed by atoms with E-state index in [1.165, 1.54) is 48.5 Å². The molecule has 0 radical (unpaired) electrons. The zero-order chi connectivity index (χ0) is 28.9. The highest BCUT2D eigenvalue weighted by Gasteiger charge is 2.48. The molecule has 0 saturated carbocycles. The van der Waals surface area contributed by atoms with E-state index in [0.29, 0.717) is 10.0 Å². The van der Waals surface area contributed by atoms with Gasteiger partial charge >= 0.3 is 18.0 Å². The number of aliphatic imine (C=N–C) groups is 1. The number of urea groups is 1. The predicted molar refractivity (Wildman–Crippen MR) is 134 cm³/mol. The van der Waals surface area contributed by atoms with Crippen molar-refractivity contribution in [1.82, 2.24) is 20.7 Å². The highest BCUT2D eigenvalue weighted by atomic mass is 16.4. The summed E-state index contributed by atoms with van der Waals surface area (Å²) in [7, 11) is 0. The fraction of sp³-hybridized carbons (Fsp3) is 0.208. The molecule has 15 heteroatoms. The molecule has 1 aliphatic heterocycles. The molecule has 5 amide bonds. The number of hydrazine groups is 1. The summed E-state index contributed by atoms with van der Waals surface area (Å²) in [5.74, 6) is -6.52. The number of nitrogens with two attached hydrogens (primary N) is 2. The molecule has 0 aliphatic carbocycles. The molecule has 39 heavy (non-hydrogen) atoms. The number of guanidine groups is 1. The molecule has 3 atom stereocenters. The molecule has 0 aromatic heterocycles. The van der Waals surface area contributed by atoms with E-state index in [1.807, 2.05) is 0 Å². The van der Waals surface area contributed by atoms with Gasteiger partial charge in [-0.3, -0.25) is 19.2 Å². The summed E-state index contributed by atoms with van der Waals surface area (Å²) < 4.78 is 0. The lowest BCUT2D eigenvalue weighted by atomic mass is 10.1. The van der Waals surface area contributed by atoms with Crippen LogP contribution in [0.4, 0.5) is 10.5 Å². The number of carbonyl (C=O) groups excluding carboxylic acids is 4. The van der Waals surface area contributed by atoms with Crippen LogP contribution in [0.2, 0.25) is 0 Å². The topological polar surface area (TPSA) is 238 Å². The van der Waals surface area contributed by atoms with Crippen molar-refractivity contribution in [2.24, 2.45) is 16.5 Å². The summed E-state index contributed by atoms with van der Waals surface area (Å²) in [5, 5.41) is 24.4. The van der Waals surface area contributed by atoms with E-state index >= 15 is 0 Å². The van der Waals surface area contributed by atoms with E-state index in [0.717, 1.165) is 6.92 Å². The summed E-state index contributed by atoms with van der Waals surface area (Å²) in [6.45, 7) is 0.918. The Kier molecular flexibility index (Phi) is 8.45. The van der Waals surface area contributed by atoms with Gasteiger partial charge in [-0.25, -0.2) is 19.6 Å². The van der Waals surface area contributed by atoms with Gasteiger partial charge in [0, 0.05) is 6.92 Å². The first kappa shape index (κ1) is 28.1. The normalized spacial score (nSPS) is 16.0. The third-order valence-electron chi connectivity index (χ3n) is 5.55. The lowest BCUT2D eigenvalue weighted by Crippen LogP contribution is -2.59. The van der Waals surface area contributed by atoms with Crippen LogP contribution >= 0.6 is 0 Å². The molecule has 1 unspecified atom stereocenters. The van der Waals surface area contributed by atoms with E-state index in [1.54, 1.807) is 6.07 Å². The molecule has 2 aromatic carbocycles. The minimum atomic E-state index is -1.97. The molecule has 1 saturated heterocycles. The SMILES string of the molecule is CC(=O)N([C@@H](CC(=O)O)C(=O)N[C@H](C(=O)O)c1ccccc1)N1C(=O)NC(c2cccc(N=C(N)N)c2)C1=O. The Bertz CT molecular complexity index is 1340. The molecule has 0 bridgehead atoms. The van der Waals surface area contributed by atoms with Gasteiger partial charge in [0.1, 0.15) is 12.1 Å². The first-order valence-corrected chi connectivity index (χ1v) is 11.3. The smallest absolute Gasteiger partial charge is 0.344 e. The highest BCUT2D eigenvalue weighted by Crippen LogP contribution is 2.28. The maximum absolute atomic E-state index is 13.4. The largest absolute Gasteiger partial charge is 0.481 e. The number of imide groups is 1. The third-order valence-corrected chi connectivity index (χ3v) is 5.55. The first-order valence-electron chi connectivity index (χ1n) is 11.3. The van der Waals surface area contributed by atoms with Crippen molar-refractivity contribution in [2.75, 3.05) is 0 Å². The molecule has 8 N–H and O–H groups in total. The van der Waals surface area contributed by atoms with Crippen LogP contribution in [0.5, 0.6) is 0 Å². The van der Waals surface area contributed by atoms with Crippen LogP contribution in [0, 0.1) is 0 Å². The summed E-state index contributed by atoms with van der Waals surface area (Å²) in [4.78, 5) is 79.6. The van der Waals surface area contributed by atoms with Crippen molar-refractivity contribution >= 4 is 47.3 Å². The van der Waals surface area contributed by atoms with Crippen LogP contribution in [-0.2, 0) is 24.0 Å². The van der Waals surface area contributed by atoms with Crippen molar-refractivity contribution in [1.29, 1.82) is 0 Å². The number of carbonyl (C=O) groups is 6. The second-order valence-electron chi connectivity index (χ2n) is 8.33. The number of nitrogens with one attached hydrogen (secondary N) is 2. The second-order valence-corrected chi connectivity index (χ2v) is 8.33. The van der Waals surface area contributed by atoms with E-state index < -0.39 is 60.2 Å². The Hall–Kier alpha value is -5.47. The predicted octanol–water partition coefficient (Wildman–Crippen LogP) is -0.267. The summed E-state index contributed by atoms with van der Waals surface area (Å²) in [6, 6.07) is 7.43. The number of rotatable bonds is 10. The number of benzene rings is 2. The van der Waals surface area contributed by atoms with Gasteiger partial charge < -0.3 is 32.3 Å². The molecular formula is C24H25N7O8. The van der Waals surface area contributed by atoms with E-state index in [9.17, 15) is 39.0 Å². The molecule has 2 aromatic rings. The zero-order valence-corrected chi connectivity index (χ0v) is 20.5. The number of hydrogen-bond donors (Lipinski definition) is 6. The summed E-state index contributed by atoms with van der Waals surface area (Å²) in [5.41, 5.74) is 11.4. The van der Waals surface area contributed by atoms with Gasteiger partial charge in [-0.2, -0.15) is 5.01 Å². The number of carboxylic acids is 2. The first-order chi connectivity index (χ1) is 18.4. The van der Waals surface area contributed by atoms with Crippen LogP contribution in [0.1, 0.15) is 36.6 Å². The minimum absolute atomic E-state index is 0.164. The van der Waals surface area contributed by atoms with Crippen LogP contribution in [0.3, 0.4) is 0 Å². The van der Waals surface area contributed by atoms with E-state index in [2.05, 4.69) is 15.6 Å². The van der Waals surface area contributed by atoms with Crippen molar-refractivity contribution in [3.05, 3.63) is 65.7 Å². The Morgan fingerprint density at radius 3 is 2.31 bits per heavy atom. The number of nitrogens with zero attached hydrogens (tertiary/aromatic N) is 3. The summed E-state index contributed by atoms with van der Waals surface area (Å²) >= 11 is 0. The van der Waals surface area contributed by atoms with Gasteiger partial charge in [0.2, 0.25) is 11.8 Å². The Balaban J connectivity index is 1.97. The summed E-state index contributed by atoms with van der Waals surface area (Å²) in [6.07, 6.45) is -1.05. The van der Waals surface area contributed by atoms with Gasteiger partial charge in [-0.15, -0.1) is 0 Å². The van der Waals surface area contributed by atoms with Gasteiger partial charge in [0.15, 0.2) is 12.0 Å². The van der Waals surface area contributed by atoms with Crippen molar-refractivity contribution in [3.63, 3.8) is 0 Å². The monoisotopic (exact) mass is 539 g/mol. The lowest BCUT2D eigenvalue weighted by Gasteiger charge is -2.34. The Morgan fingerprint density at radius 1 is 1.08 bits per heavy atom. The quantitative estimate of drug-likeness (QED) is 0.131. The number of amides is 5. The fourth-order valence-corrected chi connectivity index (χ4v) is 3.95. The van der Waals surface area contributed by atoms with Gasteiger partial charge in [0.05, 0.1) is 12.1 Å². The zero-order valence-electron chi connectivity index (χ0n) is 20.5. The molecular weight excluding hydrogens is 514 g/mol. The van der Waals surface area contributed by atoms with Gasteiger partial charge in [-0.05, 0) is 23.3 Å². The average Bonchev–Trinajstić information content (AvgIpc) is 3.15. The number of hydrogen-bond acceptors (Lipinski definition) is 7. The average molecular weight is 540 g/mol. The van der Waals surface area contributed by atoms with E-state index in [4.69, 9.17) is 11.5 Å². The van der Waals surface area contributed by atoms with Gasteiger partial charge in [0.25, 0.3) is 5.91 Å². The number of carboxylic acid groups (broad SMARTS) is 2. The standard InChI is InChI=1S/C24H25N7O8/c1-12(32)30(16(11-17(33)34)20(35)28-19(22(37)38)13-6-3-2-4-7-13)31-21(36)18(29-24(31)39)14-8-5-9-15(10-14)27-23(25)26/h2-10,16,18-19H,11H2,1H3,(H,28,35)(H,29,39)(H,33,34)(H,37,38)(H4,25,26,27)/t16-,18?,19-/m0/s1. The van der Waals surface area contributed by atoms with Crippen molar-refractivity contribution in [2.45, 2.75) is 31.5 Å². The number of aliphatic carboxylic acids is 2. The van der Waals surface area contributed by atoms with Gasteiger partial charge in [-0.1, -0.05) is 42.5 Å². The molecule has 204 valence electrons. The second kappa shape index (κ2) is 11.7. The molecule has 3 rings (SSSR count). The molecule has 1 aliphatic rings. The molecule has 1 heterocycles. The molecule has 15 nitrogen and oxygen atoms in total. The Morgan fingerprint density at radius 2 is 1.74 bits per heavy atom. The maximum Gasteiger partial charge on any atom is 0.344 e. The van der Waals surface area contributed by atoms with Crippen molar-refractivity contribution < 1.29 is 39.0 Å². The van der Waals surface area contributed by atoms with Crippen LogP contribution in [0.15, 0.2) is 59.6 Å². The minimum Gasteiger partial charge on any atom is -0.481 e. The third kappa shape index (κ3) is 6.46. The van der Waals surface area contributed by atoms with Crippen LogP contribution < -0.4 is 22.1 Å². The van der Waals surface area contributed by atoms with Crippen LogP contribution in [0.25, 0.3) is 0 Å². The van der Waals surface area contributed by atoms with Crippen LogP contribution in [-0.4, -0.2) is 67.9 Å². The lowest BCUT2D eigenvalue weighted by molar-refractivity contribution is -0.165. The molecule has 1 fully saturated rings. The van der Waals surface area contributed by atoms with Crippen molar-refractivity contribution in [3.8, 4) is 0 Å². The highest BCUT2D eigenvalue weighted by molar-refractivity contribution is 6.06. The van der Waals surface area contributed by atoms with E-state index in [-0.39, 0.29) is 22.8 Å². The maximum atomic E-state index is 13.4. The fourth-order valence-electron chi connectivity index (χ4n) is 3.95.